The van der Waals surface area contributed by atoms with Crippen LogP contribution in [-0.2, 0) is 4.74 Å². The summed E-state index contributed by atoms with van der Waals surface area (Å²) in [6, 6.07) is 3.67. The number of nitrogens with zero attached hydrogens (tertiary/aromatic N) is 3. The zero-order valence-electron chi connectivity index (χ0n) is 9.99. The third-order valence-electron chi connectivity index (χ3n) is 3.05. The van der Waals surface area contributed by atoms with Crippen LogP contribution in [0.5, 0.6) is 0 Å². The van der Waals surface area contributed by atoms with E-state index in [2.05, 4.69) is 31.1 Å². The lowest BCUT2D eigenvalue weighted by molar-refractivity contribution is -0.0149. The first-order valence-electron chi connectivity index (χ1n) is 5.96. The van der Waals surface area contributed by atoms with Crippen LogP contribution >= 0.6 is 15.9 Å². The number of pyridine rings is 1. The minimum Gasteiger partial charge on any atom is -0.392 e. The SMILES string of the molecule is OC1CCOCC1c1nc(-c2ncccc2Br)no1. The molecule has 1 fully saturated rings. The normalized spacial score (nSPS) is 23.5. The Morgan fingerprint density at radius 2 is 2.32 bits per heavy atom. The topological polar surface area (TPSA) is 81.3 Å². The number of hydrogen-bond donors (Lipinski definition) is 1. The predicted molar refractivity (Wildman–Crippen MR) is 69.4 cm³/mol. The largest absolute Gasteiger partial charge is 0.392 e. The van der Waals surface area contributed by atoms with Gasteiger partial charge in [-0.3, -0.25) is 4.98 Å². The van der Waals surface area contributed by atoms with Gasteiger partial charge in [0.25, 0.3) is 0 Å². The second kappa shape index (κ2) is 5.36. The van der Waals surface area contributed by atoms with Crippen LogP contribution in [-0.4, -0.2) is 39.5 Å². The molecule has 0 aromatic carbocycles. The minimum atomic E-state index is -0.505. The molecule has 2 aromatic heterocycles. The van der Waals surface area contributed by atoms with Crippen molar-refractivity contribution >= 4 is 15.9 Å². The molecule has 0 radical (unpaired) electrons. The van der Waals surface area contributed by atoms with E-state index in [1.165, 1.54) is 0 Å². The fourth-order valence-corrected chi connectivity index (χ4v) is 2.43. The van der Waals surface area contributed by atoms with Crippen molar-refractivity contribution in [2.75, 3.05) is 13.2 Å². The van der Waals surface area contributed by atoms with Crippen LogP contribution in [0.3, 0.4) is 0 Å². The molecule has 100 valence electrons. The maximum atomic E-state index is 9.92. The summed E-state index contributed by atoms with van der Waals surface area (Å²) in [5, 5.41) is 13.8. The van der Waals surface area contributed by atoms with E-state index in [4.69, 9.17) is 9.26 Å². The van der Waals surface area contributed by atoms with Gasteiger partial charge in [0.05, 0.1) is 18.6 Å². The Kier molecular flexibility index (Phi) is 3.58. The first-order valence-corrected chi connectivity index (χ1v) is 6.75. The standard InChI is InChI=1S/C12H12BrN3O3/c13-8-2-1-4-14-10(8)11-15-12(19-16-11)7-6-18-5-3-9(7)17/h1-2,4,7,9,17H,3,5-6H2. The maximum Gasteiger partial charge on any atom is 0.235 e. The third kappa shape index (κ3) is 2.54. The number of hydrogen-bond acceptors (Lipinski definition) is 6. The summed E-state index contributed by atoms with van der Waals surface area (Å²) in [5.41, 5.74) is 0.615. The van der Waals surface area contributed by atoms with Crippen LogP contribution in [0.4, 0.5) is 0 Å². The van der Waals surface area contributed by atoms with Gasteiger partial charge < -0.3 is 14.4 Å². The van der Waals surface area contributed by atoms with Gasteiger partial charge in [-0.1, -0.05) is 5.16 Å². The Morgan fingerprint density at radius 1 is 1.42 bits per heavy atom. The molecule has 19 heavy (non-hydrogen) atoms. The fourth-order valence-electron chi connectivity index (χ4n) is 1.99. The molecule has 7 heteroatoms. The fraction of sp³-hybridized carbons (Fsp3) is 0.417. The van der Waals surface area contributed by atoms with E-state index in [-0.39, 0.29) is 5.92 Å². The Bertz CT molecular complexity index is 575. The molecule has 0 saturated carbocycles. The van der Waals surface area contributed by atoms with Gasteiger partial charge in [0.2, 0.25) is 11.7 Å². The summed E-state index contributed by atoms with van der Waals surface area (Å²) < 4.78 is 11.3. The van der Waals surface area contributed by atoms with Crippen molar-refractivity contribution in [3.05, 3.63) is 28.7 Å². The third-order valence-corrected chi connectivity index (χ3v) is 3.69. The molecule has 1 aliphatic heterocycles. The van der Waals surface area contributed by atoms with Gasteiger partial charge in [0.15, 0.2) is 0 Å². The quantitative estimate of drug-likeness (QED) is 0.906. The maximum absolute atomic E-state index is 9.92. The van der Waals surface area contributed by atoms with Gasteiger partial charge >= 0.3 is 0 Å². The summed E-state index contributed by atoms with van der Waals surface area (Å²) >= 11 is 3.39. The summed E-state index contributed by atoms with van der Waals surface area (Å²) in [4.78, 5) is 8.51. The van der Waals surface area contributed by atoms with Crippen molar-refractivity contribution in [2.45, 2.75) is 18.4 Å². The number of aromatic nitrogens is 3. The Balaban J connectivity index is 1.89. The highest BCUT2D eigenvalue weighted by Crippen LogP contribution is 2.28. The molecule has 0 bridgehead atoms. The van der Waals surface area contributed by atoms with Crippen molar-refractivity contribution in [1.82, 2.24) is 15.1 Å². The molecule has 3 heterocycles. The first kappa shape index (κ1) is 12.7. The highest BCUT2D eigenvalue weighted by molar-refractivity contribution is 9.10. The van der Waals surface area contributed by atoms with E-state index < -0.39 is 6.10 Å². The van der Waals surface area contributed by atoms with Crippen molar-refractivity contribution in [2.24, 2.45) is 0 Å². The lowest BCUT2D eigenvalue weighted by atomic mass is 9.99. The summed E-state index contributed by atoms with van der Waals surface area (Å²) in [6.07, 6.45) is 1.74. The van der Waals surface area contributed by atoms with Gasteiger partial charge in [-0.05, 0) is 34.5 Å². The minimum absolute atomic E-state index is 0.266. The summed E-state index contributed by atoms with van der Waals surface area (Å²) in [6.45, 7) is 0.955. The van der Waals surface area contributed by atoms with Gasteiger partial charge in [-0.2, -0.15) is 4.98 Å². The van der Waals surface area contributed by atoms with E-state index >= 15 is 0 Å². The lowest BCUT2D eigenvalue weighted by Crippen LogP contribution is -2.30. The van der Waals surface area contributed by atoms with Crippen LogP contribution in [0, 0.1) is 0 Å². The van der Waals surface area contributed by atoms with E-state index in [1.54, 1.807) is 6.20 Å². The molecule has 1 N–H and O–H groups in total. The molecule has 1 aliphatic rings. The zero-order valence-corrected chi connectivity index (χ0v) is 11.6. The van der Waals surface area contributed by atoms with Crippen LogP contribution in [0.25, 0.3) is 11.5 Å². The smallest absolute Gasteiger partial charge is 0.235 e. The second-order valence-corrected chi connectivity index (χ2v) is 5.18. The van der Waals surface area contributed by atoms with Gasteiger partial charge in [0.1, 0.15) is 5.69 Å². The Labute approximate surface area is 117 Å². The molecular formula is C12H12BrN3O3. The monoisotopic (exact) mass is 325 g/mol. The molecule has 6 nitrogen and oxygen atoms in total. The number of halogens is 1. The molecule has 0 amide bonds. The Morgan fingerprint density at radius 3 is 3.11 bits per heavy atom. The first-order chi connectivity index (χ1) is 9.25. The zero-order chi connectivity index (χ0) is 13.2. The summed E-state index contributed by atoms with van der Waals surface area (Å²) in [7, 11) is 0. The van der Waals surface area contributed by atoms with Crippen molar-refractivity contribution in [3.63, 3.8) is 0 Å². The van der Waals surface area contributed by atoms with E-state index in [0.29, 0.717) is 37.0 Å². The van der Waals surface area contributed by atoms with Crippen LogP contribution < -0.4 is 0 Å². The van der Waals surface area contributed by atoms with Crippen molar-refractivity contribution in [3.8, 4) is 11.5 Å². The highest BCUT2D eigenvalue weighted by atomic mass is 79.9. The average Bonchev–Trinajstić information content (AvgIpc) is 2.89. The lowest BCUT2D eigenvalue weighted by Gasteiger charge is -2.24. The molecule has 0 aliphatic carbocycles. The Hall–Kier alpha value is -1.31. The molecule has 2 atom stereocenters. The van der Waals surface area contributed by atoms with Crippen molar-refractivity contribution < 1.29 is 14.4 Å². The average molecular weight is 326 g/mol. The van der Waals surface area contributed by atoms with Crippen LogP contribution in [0.1, 0.15) is 18.2 Å². The molecule has 3 rings (SSSR count). The highest BCUT2D eigenvalue weighted by Gasteiger charge is 2.30. The van der Waals surface area contributed by atoms with E-state index in [0.717, 1.165) is 4.47 Å². The van der Waals surface area contributed by atoms with Gasteiger partial charge in [-0.25, -0.2) is 0 Å². The molecule has 2 aromatic rings. The molecule has 2 unspecified atom stereocenters. The second-order valence-electron chi connectivity index (χ2n) is 4.33. The van der Waals surface area contributed by atoms with E-state index in [9.17, 15) is 5.11 Å². The number of ether oxygens (including phenoxy) is 1. The van der Waals surface area contributed by atoms with Crippen molar-refractivity contribution in [1.29, 1.82) is 0 Å². The van der Waals surface area contributed by atoms with E-state index in [1.807, 2.05) is 12.1 Å². The summed E-state index contributed by atoms with van der Waals surface area (Å²) in [5.74, 6) is 0.525. The van der Waals surface area contributed by atoms with Gasteiger partial charge in [-0.15, -0.1) is 0 Å². The van der Waals surface area contributed by atoms with Crippen LogP contribution in [0.15, 0.2) is 27.3 Å². The number of aliphatic hydroxyl groups excluding tert-OH is 1. The predicted octanol–water partition coefficient (Wildman–Crippen LogP) is 1.76. The number of rotatable bonds is 2. The van der Waals surface area contributed by atoms with Gasteiger partial charge in [0, 0.05) is 17.3 Å². The molecule has 0 spiro atoms. The van der Waals surface area contributed by atoms with Crippen LogP contribution in [0.2, 0.25) is 0 Å². The molecule has 1 saturated heterocycles. The number of aliphatic hydroxyl groups is 1. The molecular weight excluding hydrogens is 314 g/mol.